The molecule has 0 bridgehead atoms. The van der Waals surface area contributed by atoms with Gasteiger partial charge in [0.15, 0.2) is 5.96 Å². The molecule has 5 nitrogen and oxygen atoms in total. The highest BCUT2D eigenvalue weighted by Crippen LogP contribution is 2.10. The monoisotopic (exact) mass is 498 g/mol. The van der Waals surface area contributed by atoms with Crippen LogP contribution in [0.3, 0.4) is 0 Å². The van der Waals surface area contributed by atoms with E-state index in [0.29, 0.717) is 24.6 Å². The summed E-state index contributed by atoms with van der Waals surface area (Å²) in [6, 6.07) is 15.3. The first-order chi connectivity index (χ1) is 13.2. The SMILES string of the molecule is CN=C(NCc1cccc(CN2CCOCC2)c1)NCc1ccccc1F.I. The topological polar surface area (TPSA) is 48.9 Å². The van der Waals surface area contributed by atoms with Crippen LogP contribution in [-0.4, -0.2) is 44.2 Å². The lowest BCUT2D eigenvalue weighted by Gasteiger charge is -2.26. The Morgan fingerprint density at radius 1 is 1.04 bits per heavy atom. The van der Waals surface area contributed by atoms with Crippen LogP contribution < -0.4 is 10.6 Å². The van der Waals surface area contributed by atoms with Gasteiger partial charge in [-0.15, -0.1) is 24.0 Å². The van der Waals surface area contributed by atoms with Crippen LogP contribution >= 0.6 is 24.0 Å². The first-order valence-corrected chi connectivity index (χ1v) is 9.30. The van der Waals surface area contributed by atoms with Crippen molar-refractivity contribution in [1.82, 2.24) is 15.5 Å². The van der Waals surface area contributed by atoms with Crippen LogP contribution in [0.15, 0.2) is 53.5 Å². The van der Waals surface area contributed by atoms with Gasteiger partial charge < -0.3 is 15.4 Å². The fraction of sp³-hybridized carbons (Fsp3) is 0.381. The van der Waals surface area contributed by atoms with Crippen molar-refractivity contribution < 1.29 is 9.13 Å². The van der Waals surface area contributed by atoms with Crippen LogP contribution in [0.4, 0.5) is 4.39 Å². The number of nitrogens with zero attached hydrogens (tertiary/aromatic N) is 2. The zero-order valence-corrected chi connectivity index (χ0v) is 18.5. The molecule has 0 amide bonds. The molecular formula is C21H28FIN4O. The second-order valence-electron chi connectivity index (χ2n) is 6.58. The molecule has 1 aliphatic heterocycles. The van der Waals surface area contributed by atoms with Gasteiger partial charge in [0, 0.05) is 45.3 Å². The molecule has 0 atom stereocenters. The molecule has 28 heavy (non-hydrogen) atoms. The average molecular weight is 498 g/mol. The van der Waals surface area contributed by atoms with Crippen molar-refractivity contribution in [1.29, 1.82) is 0 Å². The Balaban J connectivity index is 0.00000280. The molecular weight excluding hydrogens is 470 g/mol. The Kier molecular flexibility index (Phi) is 9.66. The van der Waals surface area contributed by atoms with Crippen molar-refractivity contribution in [2.24, 2.45) is 4.99 Å². The van der Waals surface area contributed by atoms with E-state index in [9.17, 15) is 4.39 Å². The molecule has 152 valence electrons. The van der Waals surface area contributed by atoms with Gasteiger partial charge in [-0.05, 0) is 17.2 Å². The van der Waals surface area contributed by atoms with Gasteiger partial charge in [-0.3, -0.25) is 9.89 Å². The third-order valence-electron chi connectivity index (χ3n) is 4.59. The summed E-state index contributed by atoms with van der Waals surface area (Å²) < 4.78 is 19.1. The van der Waals surface area contributed by atoms with E-state index in [2.05, 4.69) is 44.8 Å². The molecule has 0 aromatic heterocycles. The maximum Gasteiger partial charge on any atom is 0.191 e. The average Bonchev–Trinajstić information content (AvgIpc) is 2.70. The number of hydrogen-bond donors (Lipinski definition) is 2. The fourth-order valence-electron chi connectivity index (χ4n) is 3.08. The van der Waals surface area contributed by atoms with Gasteiger partial charge in [-0.1, -0.05) is 42.5 Å². The lowest BCUT2D eigenvalue weighted by molar-refractivity contribution is 0.0342. The van der Waals surface area contributed by atoms with Gasteiger partial charge in [-0.25, -0.2) is 4.39 Å². The van der Waals surface area contributed by atoms with Crippen molar-refractivity contribution >= 4 is 29.9 Å². The largest absolute Gasteiger partial charge is 0.379 e. The summed E-state index contributed by atoms with van der Waals surface area (Å²) in [5.41, 5.74) is 3.10. The maximum atomic E-state index is 13.7. The summed E-state index contributed by atoms with van der Waals surface area (Å²) in [5, 5.41) is 6.44. The minimum absolute atomic E-state index is 0. The van der Waals surface area contributed by atoms with E-state index in [1.807, 2.05) is 6.07 Å². The normalized spacial score (nSPS) is 15.0. The first kappa shape index (κ1) is 22.6. The van der Waals surface area contributed by atoms with Crippen LogP contribution in [0.2, 0.25) is 0 Å². The van der Waals surface area contributed by atoms with Gasteiger partial charge in [-0.2, -0.15) is 0 Å². The number of hydrogen-bond acceptors (Lipinski definition) is 3. The summed E-state index contributed by atoms with van der Waals surface area (Å²) in [4.78, 5) is 6.62. The molecule has 1 fully saturated rings. The number of nitrogens with one attached hydrogen (secondary N) is 2. The fourth-order valence-corrected chi connectivity index (χ4v) is 3.08. The van der Waals surface area contributed by atoms with Crippen molar-refractivity contribution in [3.63, 3.8) is 0 Å². The van der Waals surface area contributed by atoms with E-state index in [4.69, 9.17) is 4.74 Å². The summed E-state index contributed by atoms with van der Waals surface area (Å²) in [7, 11) is 1.71. The van der Waals surface area contributed by atoms with Gasteiger partial charge in [0.2, 0.25) is 0 Å². The predicted molar refractivity (Wildman–Crippen MR) is 121 cm³/mol. The Morgan fingerprint density at radius 3 is 2.50 bits per heavy atom. The zero-order valence-electron chi connectivity index (χ0n) is 16.2. The molecule has 2 N–H and O–H groups in total. The highest BCUT2D eigenvalue weighted by Gasteiger charge is 2.11. The second kappa shape index (κ2) is 12.0. The predicted octanol–water partition coefficient (Wildman–Crippen LogP) is 3.14. The van der Waals surface area contributed by atoms with Crippen LogP contribution in [0.5, 0.6) is 0 Å². The maximum absolute atomic E-state index is 13.7. The molecule has 0 aliphatic carbocycles. The summed E-state index contributed by atoms with van der Waals surface area (Å²) in [5.74, 6) is 0.438. The van der Waals surface area contributed by atoms with Crippen molar-refractivity contribution in [3.05, 3.63) is 71.0 Å². The van der Waals surface area contributed by atoms with E-state index in [1.165, 1.54) is 17.2 Å². The van der Waals surface area contributed by atoms with Crippen LogP contribution in [0.25, 0.3) is 0 Å². The minimum Gasteiger partial charge on any atom is -0.379 e. The number of aliphatic imine (C=N–C) groups is 1. The van der Waals surface area contributed by atoms with Gasteiger partial charge in [0.05, 0.1) is 13.2 Å². The van der Waals surface area contributed by atoms with Crippen molar-refractivity contribution in [3.8, 4) is 0 Å². The number of benzene rings is 2. The lowest BCUT2D eigenvalue weighted by atomic mass is 10.1. The Morgan fingerprint density at radius 2 is 1.75 bits per heavy atom. The smallest absolute Gasteiger partial charge is 0.191 e. The molecule has 1 heterocycles. The number of rotatable bonds is 6. The van der Waals surface area contributed by atoms with E-state index < -0.39 is 0 Å². The molecule has 1 saturated heterocycles. The molecule has 1 aliphatic rings. The second-order valence-corrected chi connectivity index (χ2v) is 6.58. The van der Waals surface area contributed by atoms with Gasteiger partial charge >= 0.3 is 0 Å². The summed E-state index contributed by atoms with van der Waals surface area (Å²) in [6.07, 6.45) is 0. The molecule has 0 saturated carbocycles. The number of morpholine rings is 1. The Hall–Kier alpha value is -1.71. The zero-order chi connectivity index (χ0) is 18.9. The standard InChI is InChI=1S/C21H27FN4O.HI/c1-23-21(25-15-19-7-2-3-8-20(19)22)24-14-17-5-4-6-18(13-17)16-26-9-11-27-12-10-26;/h2-8,13H,9-12,14-16H2,1H3,(H2,23,24,25);1H. The highest BCUT2D eigenvalue weighted by molar-refractivity contribution is 14.0. The lowest BCUT2D eigenvalue weighted by Crippen LogP contribution is -2.36. The van der Waals surface area contributed by atoms with Crippen LogP contribution in [-0.2, 0) is 24.4 Å². The summed E-state index contributed by atoms with van der Waals surface area (Å²) in [6.45, 7) is 5.58. The van der Waals surface area contributed by atoms with Gasteiger partial charge in [0.1, 0.15) is 5.82 Å². The summed E-state index contributed by atoms with van der Waals surface area (Å²) >= 11 is 0. The minimum atomic E-state index is -0.212. The molecule has 0 unspecified atom stereocenters. The molecule has 3 rings (SSSR count). The van der Waals surface area contributed by atoms with Crippen LogP contribution in [0.1, 0.15) is 16.7 Å². The van der Waals surface area contributed by atoms with Crippen molar-refractivity contribution in [2.45, 2.75) is 19.6 Å². The van der Waals surface area contributed by atoms with E-state index >= 15 is 0 Å². The van der Waals surface area contributed by atoms with Gasteiger partial charge in [0.25, 0.3) is 0 Å². The number of guanidine groups is 1. The van der Waals surface area contributed by atoms with E-state index in [-0.39, 0.29) is 29.8 Å². The molecule has 2 aromatic carbocycles. The third-order valence-corrected chi connectivity index (χ3v) is 4.59. The Bertz CT molecular complexity index is 766. The Labute approximate surface area is 183 Å². The van der Waals surface area contributed by atoms with E-state index in [1.54, 1.807) is 19.2 Å². The van der Waals surface area contributed by atoms with Crippen molar-refractivity contribution in [2.75, 3.05) is 33.4 Å². The third kappa shape index (κ3) is 7.03. The molecule has 0 radical (unpaired) electrons. The number of ether oxygens (including phenoxy) is 1. The number of halogens is 2. The molecule has 0 spiro atoms. The molecule has 7 heteroatoms. The van der Waals surface area contributed by atoms with E-state index in [0.717, 1.165) is 32.8 Å². The first-order valence-electron chi connectivity index (χ1n) is 9.30. The molecule has 2 aromatic rings. The highest BCUT2D eigenvalue weighted by atomic mass is 127. The van der Waals surface area contributed by atoms with Crippen LogP contribution in [0, 0.1) is 5.82 Å². The quantitative estimate of drug-likeness (QED) is 0.365.